The number of aliphatic hydroxyl groups is 2. The van der Waals surface area contributed by atoms with Gasteiger partial charge in [0.15, 0.2) is 11.4 Å². The predicted octanol–water partition coefficient (Wildman–Crippen LogP) is 2.33. The van der Waals surface area contributed by atoms with E-state index in [0.29, 0.717) is 6.42 Å². The second-order valence-electron chi connectivity index (χ2n) is 9.42. The molecule has 0 radical (unpaired) electrons. The molecule has 3 N–H and O–H groups in total. The van der Waals surface area contributed by atoms with Gasteiger partial charge in [-0.1, -0.05) is 32.4 Å². The van der Waals surface area contributed by atoms with E-state index in [9.17, 15) is 24.9 Å². The fourth-order valence-electron chi connectivity index (χ4n) is 7.12. The van der Waals surface area contributed by atoms with Gasteiger partial charge in [-0.05, 0) is 55.6 Å². The van der Waals surface area contributed by atoms with Crippen LogP contribution in [0.15, 0.2) is 23.8 Å². The molecule has 142 valence electrons. The van der Waals surface area contributed by atoms with Crippen LogP contribution in [0.5, 0.6) is 0 Å². The maximum absolute atomic E-state index is 12.0. The van der Waals surface area contributed by atoms with Gasteiger partial charge in [-0.2, -0.15) is 0 Å². The Bertz CT molecular complexity index is 739. The number of carbonyl (C=O) groups is 2. The monoisotopic (exact) mass is 360 g/mol. The molecule has 26 heavy (non-hydrogen) atoms. The Kier molecular flexibility index (Phi) is 3.65. The van der Waals surface area contributed by atoms with Gasteiger partial charge in [-0.15, -0.1) is 0 Å². The van der Waals surface area contributed by atoms with E-state index in [1.807, 2.05) is 19.9 Å². The highest BCUT2D eigenvalue weighted by molar-refractivity contribution is 6.01. The molecule has 0 bridgehead atoms. The lowest BCUT2D eigenvalue weighted by Gasteiger charge is -2.59. The lowest BCUT2D eigenvalue weighted by molar-refractivity contribution is -0.197. The highest BCUT2D eigenvalue weighted by atomic mass is 16.4. The van der Waals surface area contributed by atoms with E-state index in [2.05, 4.69) is 6.92 Å². The van der Waals surface area contributed by atoms with Crippen LogP contribution < -0.4 is 0 Å². The third-order valence-electron chi connectivity index (χ3n) is 8.40. The van der Waals surface area contributed by atoms with Crippen LogP contribution >= 0.6 is 0 Å². The van der Waals surface area contributed by atoms with Gasteiger partial charge in [0, 0.05) is 16.7 Å². The molecule has 0 heterocycles. The van der Waals surface area contributed by atoms with Gasteiger partial charge in [-0.3, -0.25) is 4.79 Å². The molecule has 0 spiro atoms. The van der Waals surface area contributed by atoms with Crippen molar-refractivity contribution >= 4 is 11.8 Å². The zero-order chi connectivity index (χ0) is 19.1. The summed E-state index contributed by atoms with van der Waals surface area (Å²) in [6.07, 6.45) is 7.08. The number of aliphatic carboxylic acids is 1. The first kappa shape index (κ1) is 17.9. The molecule has 5 heteroatoms. The Hall–Kier alpha value is -1.46. The summed E-state index contributed by atoms with van der Waals surface area (Å²) in [5.74, 6) is -1.38. The summed E-state index contributed by atoms with van der Waals surface area (Å²) in [7, 11) is 0. The van der Waals surface area contributed by atoms with E-state index in [1.54, 1.807) is 12.2 Å². The normalized spacial score (nSPS) is 52.7. The van der Waals surface area contributed by atoms with Gasteiger partial charge < -0.3 is 15.3 Å². The van der Waals surface area contributed by atoms with Gasteiger partial charge >= 0.3 is 5.97 Å². The zero-order valence-electron chi connectivity index (χ0n) is 15.6. The molecule has 0 aromatic carbocycles. The molecular weight excluding hydrogens is 332 g/mol. The molecule has 0 saturated heterocycles. The van der Waals surface area contributed by atoms with Crippen molar-refractivity contribution in [2.45, 2.75) is 58.2 Å². The number of hydrogen-bond donors (Lipinski definition) is 3. The molecule has 4 aliphatic rings. The Labute approximate surface area is 153 Å². The highest BCUT2D eigenvalue weighted by Crippen LogP contribution is 2.68. The van der Waals surface area contributed by atoms with Crippen molar-refractivity contribution < 1.29 is 24.9 Å². The molecule has 0 amide bonds. The molecule has 8 atom stereocenters. The standard InChI is InChI=1S/C21H28O5/c1-11-8-15-14-5-4-12-9-13(22)6-7-19(12,2)17(14)16(23)10-20(15,3)21(11,26)18(24)25/h6-7,9,11,14-17,23,26H,4-5,8,10H2,1-3H3,(H,24,25)/t11?,14-,15-,16?,17+,19-,20-,21?/m0/s1. The number of rotatable bonds is 1. The lowest BCUT2D eigenvalue weighted by Crippen LogP contribution is -2.62. The summed E-state index contributed by atoms with van der Waals surface area (Å²) in [5.41, 5.74) is -1.94. The third kappa shape index (κ3) is 1.93. The van der Waals surface area contributed by atoms with Crippen LogP contribution in [0.1, 0.15) is 46.5 Å². The van der Waals surface area contributed by atoms with Gasteiger partial charge in [-0.25, -0.2) is 4.79 Å². The number of carboxylic acids is 1. The van der Waals surface area contributed by atoms with E-state index in [4.69, 9.17) is 0 Å². The van der Waals surface area contributed by atoms with Crippen LogP contribution in [-0.2, 0) is 9.59 Å². The molecule has 3 unspecified atom stereocenters. The SMILES string of the molecule is CC1C[C@H]2[C@@H]3CCC4=CC(=O)C=C[C@]4(C)[C@H]3C(O)C[C@]2(C)C1(O)C(=O)O. The van der Waals surface area contributed by atoms with E-state index < -0.39 is 23.1 Å². The topological polar surface area (TPSA) is 94.8 Å². The first-order valence-corrected chi connectivity index (χ1v) is 9.64. The molecule has 4 rings (SSSR count). The van der Waals surface area contributed by atoms with Crippen molar-refractivity contribution in [3.63, 3.8) is 0 Å². The van der Waals surface area contributed by atoms with Crippen LogP contribution in [0.2, 0.25) is 0 Å². The number of allylic oxidation sites excluding steroid dienone is 4. The first-order valence-electron chi connectivity index (χ1n) is 9.64. The highest BCUT2D eigenvalue weighted by Gasteiger charge is 2.71. The van der Waals surface area contributed by atoms with Crippen LogP contribution in [0.25, 0.3) is 0 Å². The summed E-state index contributed by atoms with van der Waals surface area (Å²) in [6.45, 7) is 5.75. The molecule has 0 aromatic heterocycles. The van der Waals surface area contributed by atoms with Crippen LogP contribution in [-0.4, -0.2) is 38.8 Å². The van der Waals surface area contributed by atoms with E-state index in [-0.39, 0.29) is 41.3 Å². The quantitative estimate of drug-likeness (QED) is 0.667. The van der Waals surface area contributed by atoms with Crippen LogP contribution in [0.3, 0.4) is 0 Å². The maximum Gasteiger partial charge on any atom is 0.336 e. The number of aliphatic hydroxyl groups excluding tert-OH is 1. The van der Waals surface area contributed by atoms with Crippen LogP contribution in [0.4, 0.5) is 0 Å². The third-order valence-corrected chi connectivity index (χ3v) is 8.40. The van der Waals surface area contributed by atoms with Crippen molar-refractivity contribution in [3.8, 4) is 0 Å². The fourth-order valence-corrected chi connectivity index (χ4v) is 7.12. The summed E-state index contributed by atoms with van der Waals surface area (Å²) in [5, 5.41) is 32.1. The minimum Gasteiger partial charge on any atom is -0.479 e. The lowest BCUT2D eigenvalue weighted by atomic mass is 9.46. The second-order valence-corrected chi connectivity index (χ2v) is 9.42. The van der Waals surface area contributed by atoms with Gasteiger partial charge in [0.25, 0.3) is 0 Å². The average molecular weight is 360 g/mol. The number of hydrogen-bond acceptors (Lipinski definition) is 4. The molecule has 0 aliphatic heterocycles. The van der Waals surface area contributed by atoms with Gasteiger partial charge in [0.05, 0.1) is 6.10 Å². The molecule has 3 saturated carbocycles. The van der Waals surface area contributed by atoms with Crippen molar-refractivity contribution in [1.82, 2.24) is 0 Å². The summed E-state index contributed by atoms with van der Waals surface area (Å²) < 4.78 is 0. The number of carboxylic acid groups (broad SMARTS) is 1. The molecule has 3 fully saturated rings. The second kappa shape index (κ2) is 5.29. The van der Waals surface area contributed by atoms with Crippen molar-refractivity contribution in [2.75, 3.05) is 0 Å². The Balaban J connectivity index is 1.79. The van der Waals surface area contributed by atoms with E-state index >= 15 is 0 Å². The first-order chi connectivity index (χ1) is 12.1. The Morgan fingerprint density at radius 3 is 2.65 bits per heavy atom. The predicted molar refractivity (Wildman–Crippen MR) is 95.1 cm³/mol. The Morgan fingerprint density at radius 1 is 1.31 bits per heavy atom. The number of ketones is 1. The van der Waals surface area contributed by atoms with E-state index in [1.165, 1.54) is 0 Å². The number of fused-ring (bicyclic) bond motifs is 5. The maximum atomic E-state index is 12.0. The Morgan fingerprint density at radius 2 is 2.00 bits per heavy atom. The molecule has 5 nitrogen and oxygen atoms in total. The minimum absolute atomic E-state index is 0.000744. The average Bonchev–Trinajstić information content (AvgIpc) is 2.76. The minimum atomic E-state index is -1.81. The van der Waals surface area contributed by atoms with Crippen molar-refractivity contribution in [1.29, 1.82) is 0 Å². The van der Waals surface area contributed by atoms with Crippen molar-refractivity contribution in [2.24, 2.45) is 34.5 Å². The van der Waals surface area contributed by atoms with Gasteiger partial charge in [0.2, 0.25) is 0 Å². The molecule has 4 aliphatic carbocycles. The fraction of sp³-hybridized carbons (Fsp3) is 0.714. The largest absolute Gasteiger partial charge is 0.479 e. The summed E-state index contributed by atoms with van der Waals surface area (Å²) in [6, 6.07) is 0. The van der Waals surface area contributed by atoms with Crippen LogP contribution in [0, 0.1) is 34.5 Å². The zero-order valence-corrected chi connectivity index (χ0v) is 15.6. The van der Waals surface area contributed by atoms with E-state index in [0.717, 1.165) is 18.4 Å². The molecular formula is C21H28O5. The summed E-state index contributed by atoms with van der Waals surface area (Å²) >= 11 is 0. The molecule has 0 aromatic rings. The number of carbonyl (C=O) groups excluding carboxylic acids is 1. The van der Waals surface area contributed by atoms with Crippen molar-refractivity contribution in [3.05, 3.63) is 23.8 Å². The summed E-state index contributed by atoms with van der Waals surface area (Å²) in [4.78, 5) is 23.8. The van der Waals surface area contributed by atoms with Gasteiger partial charge in [0.1, 0.15) is 0 Å². The smallest absolute Gasteiger partial charge is 0.336 e.